The van der Waals surface area contributed by atoms with Gasteiger partial charge in [-0.1, -0.05) is 50.2 Å². The minimum Gasteiger partial charge on any atom is -0.282 e. The highest BCUT2D eigenvalue weighted by molar-refractivity contribution is 7.86. The highest BCUT2D eigenvalue weighted by Gasteiger charge is 2.24. The van der Waals surface area contributed by atoms with Crippen molar-refractivity contribution in [1.82, 2.24) is 0 Å². The van der Waals surface area contributed by atoms with Gasteiger partial charge in [0, 0.05) is 0 Å². The zero-order valence-electron chi connectivity index (χ0n) is 13.8. The van der Waals surface area contributed by atoms with E-state index in [1.165, 1.54) is 24.3 Å². The van der Waals surface area contributed by atoms with Crippen LogP contribution in [0.5, 0.6) is 0 Å². The summed E-state index contributed by atoms with van der Waals surface area (Å²) in [5.74, 6) is -0.523. The zero-order chi connectivity index (χ0) is 18.8. The molecule has 136 valence electrons. The molecule has 0 fully saturated rings. The Kier molecular flexibility index (Phi) is 5.68. The summed E-state index contributed by atoms with van der Waals surface area (Å²) in [5, 5.41) is 0. The second-order valence-electron chi connectivity index (χ2n) is 6.06. The topological polar surface area (TPSA) is 109 Å². The van der Waals surface area contributed by atoms with Gasteiger partial charge in [0.15, 0.2) is 0 Å². The molecule has 0 aromatic heterocycles. The standard InChI is InChI=1S/C17H20O6S2/c1-12(14-7-3-5-9-16(14)24(18,19)20)11-13(2)15-8-4-6-10-17(15)25(21,22)23/h3-10,12-13H,11H2,1-2H3,(H,18,19,20)(H,21,22,23). The van der Waals surface area contributed by atoms with E-state index < -0.39 is 20.2 Å². The molecule has 2 atom stereocenters. The van der Waals surface area contributed by atoms with Gasteiger partial charge in [0.05, 0.1) is 9.79 Å². The summed E-state index contributed by atoms with van der Waals surface area (Å²) < 4.78 is 64.9. The Bertz CT molecular complexity index is 885. The Morgan fingerprint density at radius 1 is 0.720 bits per heavy atom. The first-order valence-electron chi connectivity index (χ1n) is 7.64. The molecule has 25 heavy (non-hydrogen) atoms. The normalized spacial score (nSPS) is 14.9. The molecule has 2 N–H and O–H groups in total. The van der Waals surface area contributed by atoms with Crippen molar-refractivity contribution in [3.05, 3.63) is 59.7 Å². The quantitative estimate of drug-likeness (QED) is 0.738. The van der Waals surface area contributed by atoms with E-state index in [1.54, 1.807) is 38.1 Å². The molecule has 0 spiro atoms. The predicted molar refractivity (Wildman–Crippen MR) is 94.0 cm³/mol. The van der Waals surface area contributed by atoms with E-state index in [2.05, 4.69) is 0 Å². The van der Waals surface area contributed by atoms with Crippen LogP contribution in [0.4, 0.5) is 0 Å². The van der Waals surface area contributed by atoms with E-state index in [1.807, 2.05) is 0 Å². The third kappa shape index (κ3) is 4.66. The summed E-state index contributed by atoms with van der Waals surface area (Å²) in [6.07, 6.45) is 0.430. The van der Waals surface area contributed by atoms with E-state index in [9.17, 15) is 25.9 Å². The van der Waals surface area contributed by atoms with Gasteiger partial charge in [-0.05, 0) is 41.5 Å². The van der Waals surface area contributed by atoms with Crippen molar-refractivity contribution in [2.75, 3.05) is 0 Å². The molecule has 2 aromatic rings. The first-order valence-corrected chi connectivity index (χ1v) is 10.5. The first kappa shape index (κ1) is 19.6. The molecule has 0 saturated heterocycles. The van der Waals surface area contributed by atoms with Crippen molar-refractivity contribution >= 4 is 20.2 Å². The Morgan fingerprint density at radius 2 is 1.04 bits per heavy atom. The molecular weight excluding hydrogens is 364 g/mol. The minimum atomic E-state index is -4.35. The van der Waals surface area contributed by atoms with Gasteiger partial charge in [-0.15, -0.1) is 0 Å². The molecule has 0 aliphatic rings. The molecule has 0 heterocycles. The van der Waals surface area contributed by atoms with Gasteiger partial charge < -0.3 is 0 Å². The molecule has 0 radical (unpaired) electrons. The third-order valence-electron chi connectivity index (χ3n) is 4.16. The van der Waals surface area contributed by atoms with Crippen LogP contribution in [-0.2, 0) is 20.2 Å². The lowest BCUT2D eigenvalue weighted by Crippen LogP contribution is -2.10. The average molecular weight is 384 g/mol. The molecule has 0 aliphatic carbocycles. The van der Waals surface area contributed by atoms with Gasteiger partial charge >= 0.3 is 0 Å². The van der Waals surface area contributed by atoms with Gasteiger partial charge in [0.1, 0.15) is 0 Å². The fourth-order valence-electron chi connectivity index (χ4n) is 3.03. The average Bonchev–Trinajstić information content (AvgIpc) is 2.53. The summed E-state index contributed by atoms with van der Waals surface area (Å²) in [6, 6.07) is 12.3. The second-order valence-corrected chi connectivity index (χ2v) is 8.84. The summed E-state index contributed by atoms with van der Waals surface area (Å²) in [6.45, 7) is 3.60. The largest absolute Gasteiger partial charge is 0.294 e. The van der Waals surface area contributed by atoms with Crippen molar-refractivity contribution in [3.8, 4) is 0 Å². The number of hydrogen-bond acceptors (Lipinski definition) is 4. The number of benzene rings is 2. The van der Waals surface area contributed by atoms with E-state index in [0.717, 1.165) is 0 Å². The van der Waals surface area contributed by atoms with Gasteiger partial charge in [0.25, 0.3) is 20.2 Å². The maximum atomic E-state index is 11.5. The monoisotopic (exact) mass is 384 g/mol. The van der Waals surface area contributed by atoms with Crippen LogP contribution in [0.15, 0.2) is 58.3 Å². The molecule has 2 unspecified atom stereocenters. The Morgan fingerprint density at radius 3 is 1.36 bits per heavy atom. The highest BCUT2D eigenvalue weighted by Crippen LogP contribution is 2.34. The summed E-state index contributed by atoms with van der Waals surface area (Å²) in [5.41, 5.74) is 0.919. The minimum absolute atomic E-state index is 0.155. The van der Waals surface area contributed by atoms with Gasteiger partial charge in [-0.3, -0.25) is 9.11 Å². The fraction of sp³-hybridized carbons (Fsp3) is 0.294. The molecule has 6 nitrogen and oxygen atoms in total. The maximum absolute atomic E-state index is 11.5. The molecule has 0 bridgehead atoms. The van der Waals surface area contributed by atoms with Crippen LogP contribution in [0.1, 0.15) is 43.2 Å². The highest BCUT2D eigenvalue weighted by atomic mass is 32.2. The van der Waals surface area contributed by atoms with Crippen molar-refractivity contribution in [2.24, 2.45) is 0 Å². The van der Waals surface area contributed by atoms with Gasteiger partial charge in [-0.2, -0.15) is 16.8 Å². The molecule has 0 aliphatic heterocycles. The lowest BCUT2D eigenvalue weighted by Gasteiger charge is -2.21. The van der Waals surface area contributed by atoms with Crippen LogP contribution in [0, 0.1) is 0 Å². The molecule has 2 rings (SSSR count). The van der Waals surface area contributed by atoms with E-state index >= 15 is 0 Å². The van der Waals surface area contributed by atoms with E-state index in [-0.39, 0.29) is 21.6 Å². The lowest BCUT2D eigenvalue weighted by atomic mass is 9.87. The van der Waals surface area contributed by atoms with Gasteiger partial charge in [-0.25, -0.2) is 0 Å². The van der Waals surface area contributed by atoms with Crippen LogP contribution in [0.25, 0.3) is 0 Å². The predicted octanol–water partition coefficient (Wildman–Crippen LogP) is 3.48. The van der Waals surface area contributed by atoms with Crippen molar-refractivity contribution in [3.63, 3.8) is 0 Å². The van der Waals surface area contributed by atoms with Crippen LogP contribution in [-0.4, -0.2) is 25.9 Å². The van der Waals surface area contributed by atoms with Crippen LogP contribution in [0.3, 0.4) is 0 Å². The van der Waals surface area contributed by atoms with Crippen LogP contribution < -0.4 is 0 Å². The maximum Gasteiger partial charge on any atom is 0.294 e. The molecule has 8 heteroatoms. The Hall–Kier alpha value is -1.74. The Balaban J connectivity index is 2.36. The molecule has 0 amide bonds. The second kappa shape index (κ2) is 7.25. The molecule has 0 saturated carbocycles. The smallest absolute Gasteiger partial charge is 0.282 e. The van der Waals surface area contributed by atoms with E-state index in [4.69, 9.17) is 0 Å². The number of hydrogen-bond donors (Lipinski definition) is 2. The summed E-state index contributed by atoms with van der Waals surface area (Å²) in [4.78, 5) is -0.310. The molecule has 2 aromatic carbocycles. The third-order valence-corrected chi connectivity index (χ3v) is 6.02. The van der Waals surface area contributed by atoms with Crippen molar-refractivity contribution < 1.29 is 25.9 Å². The summed E-state index contributed by atoms with van der Waals surface area (Å²) in [7, 11) is -8.69. The van der Waals surface area contributed by atoms with Crippen molar-refractivity contribution in [2.45, 2.75) is 41.9 Å². The Labute approximate surface area is 148 Å². The van der Waals surface area contributed by atoms with E-state index in [0.29, 0.717) is 17.5 Å². The first-order chi connectivity index (χ1) is 11.5. The zero-order valence-corrected chi connectivity index (χ0v) is 15.5. The van der Waals surface area contributed by atoms with Crippen molar-refractivity contribution in [1.29, 1.82) is 0 Å². The molecular formula is C17H20O6S2. The van der Waals surface area contributed by atoms with Gasteiger partial charge in [0.2, 0.25) is 0 Å². The van der Waals surface area contributed by atoms with Crippen LogP contribution >= 0.6 is 0 Å². The van der Waals surface area contributed by atoms with Crippen LogP contribution in [0.2, 0.25) is 0 Å². The SMILES string of the molecule is CC(CC(C)c1ccccc1S(=O)(=O)O)c1ccccc1S(=O)(=O)O. The lowest BCUT2D eigenvalue weighted by molar-refractivity contribution is 0.478. The fourth-order valence-corrected chi connectivity index (χ4v) is 4.66. The number of rotatable bonds is 6. The summed E-state index contributed by atoms with van der Waals surface area (Å²) >= 11 is 0.